The van der Waals surface area contributed by atoms with Crippen LogP contribution in [0.1, 0.15) is 39.0 Å². The van der Waals surface area contributed by atoms with Crippen molar-refractivity contribution in [1.29, 1.82) is 0 Å². The Hall–Kier alpha value is -0.830. The van der Waals surface area contributed by atoms with Gasteiger partial charge in [-0.05, 0) is 39.2 Å². The molecule has 0 radical (unpaired) electrons. The van der Waals surface area contributed by atoms with Gasteiger partial charge in [0.15, 0.2) is 0 Å². The molecular weight excluding hydrogens is 202 g/mol. The molecule has 2 aliphatic heterocycles. The second-order valence-electron chi connectivity index (χ2n) is 4.69. The minimum Gasteiger partial charge on any atom is -0.463 e. The summed E-state index contributed by atoms with van der Waals surface area (Å²) in [5.74, 6) is -0.165. The molecule has 2 heterocycles. The number of carbonyl (C=O) groups is 1. The van der Waals surface area contributed by atoms with Crippen molar-refractivity contribution in [2.75, 3.05) is 19.7 Å². The molecule has 0 amide bonds. The average molecular weight is 223 g/mol. The second kappa shape index (κ2) is 5.48. The molecule has 0 saturated carbocycles. The molecule has 2 fully saturated rings. The molecule has 3 nitrogen and oxygen atoms in total. The number of esters is 1. The molecule has 16 heavy (non-hydrogen) atoms. The fourth-order valence-electron chi connectivity index (χ4n) is 2.76. The molecule has 1 unspecified atom stereocenters. The standard InChI is InChI=1S/C13H21NO2/c1-2-16-13(15)10-11-6-8-14-7-4-3-5-12(14)9-11/h10,12H,2-9H2,1H3/b11-10+. The third-order valence-electron chi connectivity index (χ3n) is 3.58. The van der Waals surface area contributed by atoms with Crippen LogP contribution in [0.25, 0.3) is 0 Å². The molecule has 0 aromatic heterocycles. The number of hydrogen-bond acceptors (Lipinski definition) is 3. The Morgan fingerprint density at radius 2 is 2.38 bits per heavy atom. The molecule has 0 aromatic rings. The Balaban J connectivity index is 1.91. The number of rotatable bonds is 2. The SMILES string of the molecule is CCOC(=O)/C=C1\CCN2CCCCC2C1. The Kier molecular flexibility index (Phi) is 3.99. The van der Waals surface area contributed by atoms with Crippen LogP contribution < -0.4 is 0 Å². The number of piperidine rings is 2. The Bertz CT molecular complexity index is 286. The molecule has 0 N–H and O–H groups in total. The van der Waals surface area contributed by atoms with Gasteiger partial charge in [0, 0.05) is 18.7 Å². The van der Waals surface area contributed by atoms with E-state index >= 15 is 0 Å². The third-order valence-corrected chi connectivity index (χ3v) is 3.58. The fourth-order valence-corrected chi connectivity index (χ4v) is 2.76. The molecule has 0 bridgehead atoms. The van der Waals surface area contributed by atoms with E-state index in [4.69, 9.17) is 4.74 Å². The van der Waals surface area contributed by atoms with Crippen LogP contribution in [0.2, 0.25) is 0 Å². The van der Waals surface area contributed by atoms with Crippen molar-refractivity contribution in [2.24, 2.45) is 0 Å². The molecule has 90 valence electrons. The lowest BCUT2D eigenvalue weighted by atomic mass is 9.90. The van der Waals surface area contributed by atoms with Crippen molar-refractivity contribution in [3.8, 4) is 0 Å². The maximum Gasteiger partial charge on any atom is 0.330 e. The van der Waals surface area contributed by atoms with Crippen LogP contribution >= 0.6 is 0 Å². The van der Waals surface area contributed by atoms with Gasteiger partial charge in [0.05, 0.1) is 6.61 Å². The predicted octanol–water partition coefficient (Wildman–Crippen LogP) is 2.12. The minimum absolute atomic E-state index is 0.165. The van der Waals surface area contributed by atoms with Crippen molar-refractivity contribution in [3.63, 3.8) is 0 Å². The van der Waals surface area contributed by atoms with Crippen molar-refractivity contribution >= 4 is 5.97 Å². The molecule has 3 heteroatoms. The van der Waals surface area contributed by atoms with Gasteiger partial charge in [0.25, 0.3) is 0 Å². The molecule has 2 rings (SSSR count). The van der Waals surface area contributed by atoms with Gasteiger partial charge in [0.2, 0.25) is 0 Å². The summed E-state index contributed by atoms with van der Waals surface area (Å²) in [5.41, 5.74) is 1.28. The van der Waals surface area contributed by atoms with Gasteiger partial charge in [-0.25, -0.2) is 4.79 Å². The van der Waals surface area contributed by atoms with Crippen LogP contribution in [0, 0.1) is 0 Å². The monoisotopic (exact) mass is 223 g/mol. The minimum atomic E-state index is -0.165. The predicted molar refractivity (Wildman–Crippen MR) is 63.2 cm³/mol. The van der Waals surface area contributed by atoms with E-state index in [-0.39, 0.29) is 5.97 Å². The van der Waals surface area contributed by atoms with Crippen LogP contribution in [-0.4, -0.2) is 36.6 Å². The summed E-state index contributed by atoms with van der Waals surface area (Å²) in [7, 11) is 0. The zero-order valence-corrected chi connectivity index (χ0v) is 10.1. The maximum absolute atomic E-state index is 11.4. The van der Waals surface area contributed by atoms with E-state index in [1.54, 1.807) is 6.08 Å². The largest absolute Gasteiger partial charge is 0.463 e. The summed E-state index contributed by atoms with van der Waals surface area (Å²) < 4.78 is 4.95. The van der Waals surface area contributed by atoms with Crippen molar-refractivity contribution in [2.45, 2.75) is 45.1 Å². The Morgan fingerprint density at radius 1 is 1.50 bits per heavy atom. The zero-order chi connectivity index (χ0) is 11.4. The number of ether oxygens (including phenoxy) is 1. The first-order chi connectivity index (χ1) is 7.79. The Labute approximate surface area is 97.5 Å². The van der Waals surface area contributed by atoms with Gasteiger partial charge in [-0.15, -0.1) is 0 Å². The maximum atomic E-state index is 11.4. The first-order valence-corrected chi connectivity index (χ1v) is 6.40. The fraction of sp³-hybridized carbons (Fsp3) is 0.769. The van der Waals surface area contributed by atoms with E-state index in [1.807, 2.05) is 6.92 Å². The molecule has 2 aliphatic rings. The van der Waals surface area contributed by atoms with Crippen LogP contribution in [0.4, 0.5) is 0 Å². The van der Waals surface area contributed by atoms with E-state index in [0.717, 1.165) is 19.4 Å². The summed E-state index contributed by atoms with van der Waals surface area (Å²) in [4.78, 5) is 13.9. The lowest BCUT2D eigenvalue weighted by Crippen LogP contribution is -2.43. The summed E-state index contributed by atoms with van der Waals surface area (Å²) >= 11 is 0. The normalized spacial score (nSPS) is 28.8. The summed E-state index contributed by atoms with van der Waals surface area (Å²) in [6, 6.07) is 0.683. The Morgan fingerprint density at radius 3 is 3.19 bits per heavy atom. The molecule has 1 atom stereocenters. The van der Waals surface area contributed by atoms with Gasteiger partial charge in [-0.2, -0.15) is 0 Å². The number of fused-ring (bicyclic) bond motifs is 1. The smallest absolute Gasteiger partial charge is 0.330 e. The van der Waals surface area contributed by atoms with Gasteiger partial charge in [-0.1, -0.05) is 12.0 Å². The highest BCUT2D eigenvalue weighted by atomic mass is 16.5. The van der Waals surface area contributed by atoms with E-state index in [2.05, 4.69) is 4.90 Å². The van der Waals surface area contributed by atoms with Gasteiger partial charge in [0.1, 0.15) is 0 Å². The molecule has 0 aliphatic carbocycles. The lowest BCUT2D eigenvalue weighted by Gasteiger charge is -2.40. The van der Waals surface area contributed by atoms with Crippen LogP contribution in [0.5, 0.6) is 0 Å². The number of nitrogens with zero attached hydrogens (tertiary/aromatic N) is 1. The quantitative estimate of drug-likeness (QED) is 0.530. The van der Waals surface area contributed by atoms with Crippen molar-refractivity contribution in [1.82, 2.24) is 4.90 Å². The molecule has 0 aromatic carbocycles. The highest BCUT2D eigenvalue weighted by molar-refractivity contribution is 5.82. The summed E-state index contributed by atoms with van der Waals surface area (Å²) in [5, 5.41) is 0. The van der Waals surface area contributed by atoms with Gasteiger partial charge in [-0.3, -0.25) is 4.90 Å². The zero-order valence-electron chi connectivity index (χ0n) is 10.1. The molecule has 2 saturated heterocycles. The number of hydrogen-bond donors (Lipinski definition) is 0. The first-order valence-electron chi connectivity index (χ1n) is 6.40. The molecular formula is C13H21NO2. The van der Waals surface area contributed by atoms with E-state index in [9.17, 15) is 4.79 Å². The third kappa shape index (κ3) is 2.85. The van der Waals surface area contributed by atoms with Crippen molar-refractivity contribution in [3.05, 3.63) is 11.6 Å². The summed E-state index contributed by atoms with van der Waals surface area (Å²) in [6.07, 6.45) is 7.80. The highest BCUT2D eigenvalue weighted by Gasteiger charge is 2.27. The lowest BCUT2D eigenvalue weighted by molar-refractivity contribution is -0.137. The van der Waals surface area contributed by atoms with E-state index in [0.29, 0.717) is 12.6 Å². The number of carbonyl (C=O) groups excluding carboxylic acids is 1. The highest BCUT2D eigenvalue weighted by Crippen LogP contribution is 2.28. The van der Waals surface area contributed by atoms with Gasteiger partial charge < -0.3 is 4.74 Å². The van der Waals surface area contributed by atoms with E-state index < -0.39 is 0 Å². The van der Waals surface area contributed by atoms with Gasteiger partial charge >= 0.3 is 5.97 Å². The first kappa shape index (κ1) is 11.6. The topological polar surface area (TPSA) is 29.5 Å². The van der Waals surface area contributed by atoms with E-state index in [1.165, 1.54) is 31.4 Å². The second-order valence-corrected chi connectivity index (χ2v) is 4.69. The van der Waals surface area contributed by atoms with Crippen LogP contribution in [-0.2, 0) is 9.53 Å². The molecule has 0 spiro atoms. The van der Waals surface area contributed by atoms with Crippen LogP contribution in [0.3, 0.4) is 0 Å². The van der Waals surface area contributed by atoms with Crippen LogP contribution in [0.15, 0.2) is 11.6 Å². The average Bonchev–Trinajstić information content (AvgIpc) is 2.29. The van der Waals surface area contributed by atoms with Crippen molar-refractivity contribution < 1.29 is 9.53 Å². The summed E-state index contributed by atoms with van der Waals surface area (Å²) in [6.45, 7) is 4.69.